The van der Waals surface area contributed by atoms with Crippen molar-refractivity contribution >= 4 is 23.3 Å². The summed E-state index contributed by atoms with van der Waals surface area (Å²) in [5.74, 6) is 0.0608. The first-order valence-corrected chi connectivity index (χ1v) is 11.3. The van der Waals surface area contributed by atoms with Gasteiger partial charge in [-0.25, -0.2) is 4.79 Å². The van der Waals surface area contributed by atoms with Crippen LogP contribution in [0.3, 0.4) is 0 Å². The summed E-state index contributed by atoms with van der Waals surface area (Å²) < 4.78 is 4.68. The third-order valence-corrected chi connectivity index (χ3v) is 5.43. The number of nitrogens with zero attached hydrogens (tertiary/aromatic N) is 1. The minimum atomic E-state index is -0.558. The average molecular weight is 447 g/mol. The van der Waals surface area contributed by atoms with E-state index in [9.17, 15) is 9.59 Å². The van der Waals surface area contributed by atoms with Crippen LogP contribution in [-0.2, 0) is 16.0 Å². The van der Waals surface area contributed by atoms with Crippen molar-refractivity contribution in [1.82, 2.24) is 5.32 Å². The maximum absolute atomic E-state index is 12.5. The van der Waals surface area contributed by atoms with E-state index < -0.39 is 6.09 Å². The van der Waals surface area contributed by atoms with Crippen molar-refractivity contribution in [2.75, 3.05) is 7.11 Å². The Labute approximate surface area is 197 Å². The van der Waals surface area contributed by atoms with Gasteiger partial charge in [0, 0.05) is 34.7 Å². The third-order valence-electron chi connectivity index (χ3n) is 5.43. The Hall–Kier alpha value is -3.47. The number of carbonyl (C=O) groups excluding carboxylic acids is 2. The summed E-state index contributed by atoms with van der Waals surface area (Å²) in [5.41, 5.74) is 6.96. The molecule has 5 heteroatoms. The lowest BCUT2D eigenvalue weighted by Gasteiger charge is -2.14. The van der Waals surface area contributed by atoms with E-state index >= 15 is 0 Å². The van der Waals surface area contributed by atoms with Gasteiger partial charge < -0.3 is 4.74 Å². The van der Waals surface area contributed by atoms with Crippen molar-refractivity contribution < 1.29 is 14.3 Å². The number of benzene rings is 2. The van der Waals surface area contributed by atoms with Gasteiger partial charge in [-0.1, -0.05) is 75.4 Å². The molecule has 2 aromatic rings. The van der Waals surface area contributed by atoms with Crippen molar-refractivity contribution in [2.24, 2.45) is 4.99 Å². The zero-order valence-electron chi connectivity index (χ0n) is 20.3. The van der Waals surface area contributed by atoms with Crippen molar-refractivity contribution in [3.8, 4) is 11.1 Å². The number of hydrogen-bond acceptors (Lipinski definition) is 4. The minimum Gasteiger partial charge on any atom is -0.453 e. The minimum absolute atomic E-state index is 0.0608. The van der Waals surface area contributed by atoms with Crippen LogP contribution in [0.5, 0.6) is 0 Å². The molecule has 0 saturated carbocycles. The molecule has 0 saturated heterocycles. The molecule has 0 aromatic heterocycles. The van der Waals surface area contributed by atoms with Crippen LogP contribution in [0.2, 0.25) is 0 Å². The molecule has 0 atom stereocenters. The van der Waals surface area contributed by atoms with E-state index in [-0.39, 0.29) is 5.78 Å². The Balaban J connectivity index is 2.37. The number of methoxy groups -OCH3 is 1. The van der Waals surface area contributed by atoms with Crippen LogP contribution < -0.4 is 5.32 Å². The van der Waals surface area contributed by atoms with Gasteiger partial charge in [-0.2, -0.15) is 0 Å². The zero-order chi connectivity index (χ0) is 24.4. The van der Waals surface area contributed by atoms with Crippen molar-refractivity contribution in [2.45, 2.75) is 53.4 Å². The molecule has 1 N–H and O–H groups in total. The molecule has 1 amide bonds. The number of carbonyl (C=O) groups is 2. The van der Waals surface area contributed by atoms with E-state index in [0.717, 1.165) is 58.5 Å². The Morgan fingerprint density at radius 3 is 2.27 bits per heavy atom. The fourth-order valence-electron chi connectivity index (χ4n) is 3.50. The lowest BCUT2D eigenvalue weighted by molar-refractivity contribution is -0.113. The number of Topliss-reactive ketones (excluding diaryl/α,β-unsaturated/α-hetero) is 1. The summed E-state index contributed by atoms with van der Waals surface area (Å²) in [6.07, 6.45) is 2.57. The van der Waals surface area contributed by atoms with Gasteiger partial charge in [-0.3, -0.25) is 15.1 Å². The number of amides is 1. The number of rotatable bonds is 10. The second-order valence-electron chi connectivity index (χ2n) is 7.95. The molecule has 2 rings (SSSR count). The number of allylic oxidation sites excluding steroid dienone is 2. The fourth-order valence-corrected chi connectivity index (χ4v) is 3.50. The van der Waals surface area contributed by atoms with E-state index in [1.165, 1.54) is 7.11 Å². The highest BCUT2D eigenvalue weighted by Gasteiger charge is 2.14. The predicted molar refractivity (Wildman–Crippen MR) is 136 cm³/mol. The largest absolute Gasteiger partial charge is 0.453 e. The first kappa shape index (κ1) is 25.8. The first-order chi connectivity index (χ1) is 15.8. The normalized spacial score (nSPS) is 12.1. The predicted octanol–water partition coefficient (Wildman–Crippen LogP) is 6.74. The zero-order valence-corrected chi connectivity index (χ0v) is 20.3. The summed E-state index contributed by atoms with van der Waals surface area (Å²) in [6, 6.07) is 15.8. The molecule has 0 aliphatic heterocycles. The van der Waals surface area contributed by atoms with E-state index in [4.69, 9.17) is 4.99 Å². The van der Waals surface area contributed by atoms with Gasteiger partial charge in [0.05, 0.1) is 7.11 Å². The summed E-state index contributed by atoms with van der Waals surface area (Å²) >= 11 is 0. The first-order valence-electron chi connectivity index (χ1n) is 11.3. The standard InChI is InChI=1S/C28H34N2O3/c1-7-11-27(29-19(3)8-2)26(21(5)31)18-22-14-16-23(17-15-22)25-13-10-9-12-24(25)20(4)30-28(32)33-6/h9-10,12-17H,4,7-8,11,18H2,1-3,5-6H3,(H,30,32)/b27-26-,29-19?. The molecular weight excluding hydrogens is 412 g/mol. The number of ketones is 1. The number of hydrogen-bond donors (Lipinski definition) is 1. The molecule has 0 bridgehead atoms. The van der Waals surface area contributed by atoms with Gasteiger partial charge in [0.15, 0.2) is 5.78 Å². The monoisotopic (exact) mass is 446 g/mol. The molecule has 0 aliphatic rings. The highest BCUT2D eigenvalue weighted by atomic mass is 16.5. The van der Waals surface area contributed by atoms with Gasteiger partial charge in [-0.05, 0) is 43.4 Å². The van der Waals surface area contributed by atoms with Gasteiger partial charge in [0.2, 0.25) is 0 Å². The van der Waals surface area contributed by atoms with Crippen molar-refractivity contribution in [3.05, 3.63) is 77.5 Å². The van der Waals surface area contributed by atoms with Crippen LogP contribution >= 0.6 is 0 Å². The Morgan fingerprint density at radius 1 is 1.03 bits per heavy atom. The van der Waals surface area contributed by atoms with Gasteiger partial charge in [-0.15, -0.1) is 0 Å². The quantitative estimate of drug-likeness (QED) is 0.325. The lowest BCUT2D eigenvalue weighted by atomic mass is 9.94. The molecule has 5 nitrogen and oxygen atoms in total. The molecule has 174 valence electrons. The number of alkyl carbamates (subject to hydrolysis) is 1. The highest BCUT2D eigenvalue weighted by molar-refractivity contribution is 5.95. The molecule has 2 aromatic carbocycles. The van der Waals surface area contributed by atoms with E-state index in [0.29, 0.717) is 12.1 Å². The average Bonchev–Trinajstić information content (AvgIpc) is 2.82. The van der Waals surface area contributed by atoms with Crippen LogP contribution in [0.1, 0.15) is 58.1 Å². The summed E-state index contributed by atoms with van der Waals surface area (Å²) in [6.45, 7) is 11.8. The Kier molecular flexibility index (Phi) is 9.80. The maximum Gasteiger partial charge on any atom is 0.411 e. The Morgan fingerprint density at radius 2 is 1.70 bits per heavy atom. The van der Waals surface area contributed by atoms with Crippen LogP contribution in [-0.4, -0.2) is 24.7 Å². The molecule has 0 spiro atoms. The summed E-state index contributed by atoms with van der Waals surface area (Å²) in [5, 5.41) is 2.64. The van der Waals surface area contributed by atoms with Crippen LogP contribution in [0.4, 0.5) is 4.79 Å². The van der Waals surface area contributed by atoms with Gasteiger partial charge >= 0.3 is 6.09 Å². The molecule has 0 aliphatic carbocycles. The molecule has 33 heavy (non-hydrogen) atoms. The van der Waals surface area contributed by atoms with E-state index in [2.05, 4.69) is 30.5 Å². The fraction of sp³-hybridized carbons (Fsp3) is 0.321. The molecular formula is C28H34N2O3. The van der Waals surface area contributed by atoms with Crippen LogP contribution in [0, 0.1) is 0 Å². The Bertz CT molecular complexity index is 1060. The number of aliphatic imine (C=N–C) groups is 1. The molecule has 0 fully saturated rings. The van der Waals surface area contributed by atoms with Crippen LogP contribution in [0.15, 0.2) is 71.4 Å². The third kappa shape index (κ3) is 7.28. The SMILES string of the molecule is C=C(NC(=O)OC)c1ccccc1-c1ccc(C/C(C(C)=O)=C(\CCC)N=C(C)CC)cc1. The molecule has 0 heterocycles. The topological polar surface area (TPSA) is 67.8 Å². The highest BCUT2D eigenvalue weighted by Crippen LogP contribution is 2.28. The number of ether oxygens (including phenoxy) is 1. The smallest absolute Gasteiger partial charge is 0.411 e. The van der Waals surface area contributed by atoms with Gasteiger partial charge in [0.1, 0.15) is 0 Å². The maximum atomic E-state index is 12.5. The summed E-state index contributed by atoms with van der Waals surface area (Å²) in [4.78, 5) is 28.8. The van der Waals surface area contributed by atoms with Crippen LogP contribution in [0.25, 0.3) is 16.8 Å². The van der Waals surface area contributed by atoms with Crippen molar-refractivity contribution in [1.29, 1.82) is 0 Å². The second kappa shape index (κ2) is 12.5. The molecule has 0 radical (unpaired) electrons. The van der Waals surface area contributed by atoms with Crippen molar-refractivity contribution in [3.63, 3.8) is 0 Å². The van der Waals surface area contributed by atoms with Gasteiger partial charge in [0.25, 0.3) is 0 Å². The number of nitrogens with one attached hydrogen (secondary N) is 1. The molecule has 0 unspecified atom stereocenters. The van der Waals surface area contributed by atoms with E-state index in [1.54, 1.807) is 6.92 Å². The lowest BCUT2D eigenvalue weighted by Crippen LogP contribution is -2.21. The van der Waals surface area contributed by atoms with E-state index in [1.807, 2.05) is 55.5 Å². The summed E-state index contributed by atoms with van der Waals surface area (Å²) in [7, 11) is 1.32. The second-order valence-corrected chi connectivity index (χ2v) is 7.95.